The Balaban J connectivity index is 1.47. The van der Waals surface area contributed by atoms with Crippen molar-refractivity contribution in [2.45, 2.75) is 32.6 Å². The molecule has 3 heterocycles. The van der Waals surface area contributed by atoms with E-state index in [0.717, 1.165) is 51.4 Å². The fourth-order valence-electron chi connectivity index (χ4n) is 4.45. The first-order valence-electron chi connectivity index (χ1n) is 11.1. The molecule has 0 atom stereocenters. The molecular formula is C23H32N4O3. The van der Waals surface area contributed by atoms with E-state index in [1.54, 1.807) is 10.7 Å². The van der Waals surface area contributed by atoms with Crippen molar-refractivity contribution in [3.05, 3.63) is 42.1 Å². The van der Waals surface area contributed by atoms with E-state index in [1.807, 2.05) is 37.3 Å². The Morgan fingerprint density at radius 2 is 1.93 bits per heavy atom. The van der Waals surface area contributed by atoms with E-state index < -0.39 is 0 Å². The van der Waals surface area contributed by atoms with Crippen molar-refractivity contribution in [2.75, 3.05) is 46.0 Å². The summed E-state index contributed by atoms with van der Waals surface area (Å²) in [7, 11) is 0. The van der Waals surface area contributed by atoms with Crippen LogP contribution in [0.5, 0.6) is 5.88 Å². The molecule has 2 aromatic rings. The molecule has 2 aliphatic heterocycles. The Morgan fingerprint density at radius 3 is 2.63 bits per heavy atom. The quantitative estimate of drug-likeness (QED) is 0.722. The molecular weight excluding hydrogens is 380 g/mol. The lowest BCUT2D eigenvalue weighted by atomic mass is 9.79. The molecule has 0 aliphatic carbocycles. The molecule has 7 nitrogen and oxygen atoms in total. The summed E-state index contributed by atoms with van der Waals surface area (Å²) >= 11 is 0. The van der Waals surface area contributed by atoms with Crippen LogP contribution in [-0.4, -0.2) is 66.6 Å². The highest BCUT2D eigenvalue weighted by atomic mass is 16.5. The number of hydrogen-bond donors (Lipinski definition) is 1. The van der Waals surface area contributed by atoms with Gasteiger partial charge in [-0.3, -0.25) is 4.79 Å². The Hall–Kier alpha value is -2.38. The van der Waals surface area contributed by atoms with Gasteiger partial charge in [-0.15, -0.1) is 0 Å². The first-order chi connectivity index (χ1) is 14.7. The molecule has 0 unspecified atom stereocenters. The van der Waals surface area contributed by atoms with Gasteiger partial charge in [-0.2, -0.15) is 5.10 Å². The summed E-state index contributed by atoms with van der Waals surface area (Å²) in [5, 5.41) is 7.70. The van der Waals surface area contributed by atoms with E-state index in [4.69, 9.17) is 9.47 Å². The Morgan fingerprint density at radius 1 is 1.20 bits per heavy atom. The van der Waals surface area contributed by atoms with Gasteiger partial charge >= 0.3 is 0 Å². The minimum Gasteiger partial charge on any atom is -0.478 e. The number of hydrogen-bond acceptors (Lipinski definition) is 5. The molecule has 1 aromatic heterocycles. The van der Waals surface area contributed by atoms with Crippen molar-refractivity contribution < 1.29 is 14.3 Å². The van der Waals surface area contributed by atoms with Gasteiger partial charge in [0.05, 0.1) is 12.3 Å². The molecule has 0 radical (unpaired) electrons. The van der Waals surface area contributed by atoms with E-state index in [1.165, 1.54) is 12.8 Å². The lowest BCUT2D eigenvalue weighted by molar-refractivity contribution is -0.000655. The maximum Gasteiger partial charge on any atom is 0.271 e. The first kappa shape index (κ1) is 20.9. The molecule has 30 heavy (non-hydrogen) atoms. The van der Waals surface area contributed by atoms with E-state index in [2.05, 4.69) is 15.3 Å². The van der Waals surface area contributed by atoms with Crippen LogP contribution < -0.4 is 10.1 Å². The SMILES string of the molecule is CCOc1cc(C(=O)NCC2(CN3CCCC3)CCOCC2)nn1-c1ccccc1. The fourth-order valence-corrected chi connectivity index (χ4v) is 4.45. The molecule has 0 saturated carbocycles. The molecule has 1 aromatic carbocycles. The van der Waals surface area contributed by atoms with Crippen LogP contribution in [-0.2, 0) is 4.74 Å². The summed E-state index contributed by atoms with van der Waals surface area (Å²) in [5.41, 5.74) is 1.32. The second-order valence-corrected chi connectivity index (χ2v) is 8.33. The second kappa shape index (κ2) is 9.62. The molecule has 0 bridgehead atoms. The maximum atomic E-state index is 13.0. The maximum absolute atomic E-state index is 13.0. The zero-order valence-corrected chi connectivity index (χ0v) is 17.8. The van der Waals surface area contributed by atoms with E-state index in [9.17, 15) is 4.79 Å². The van der Waals surface area contributed by atoms with Crippen molar-refractivity contribution in [2.24, 2.45) is 5.41 Å². The number of rotatable bonds is 8. The molecule has 0 spiro atoms. The Labute approximate surface area is 178 Å². The fraction of sp³-hybridized carbons (Fsp3) is 0.565. The van der Waals surface area contributed by atoms with Gasteiger partial charge in [0, 0.05) is 37.8 Å². The third kappa shape index (κ3) is 4.84. The Kier molecular flexibility index (Phi) is 6.69. The average Bonchev–Trinajstić information content (AvgIpc) is 3.44. The first-order valence-corrected chi connectivity index (χ1v) is 11.1. The third-order valence-electron chi connectivity index (χ3n) is 6.14. The number of nitrogens with zero attached hydrogens (tertiary/aromatic N) is 3. The average molecular weight is 413 g/mol. The number of likely N-dealkylation sites (tertiary alicyclic amines) is 1. The summed E-state index contributed by atoms with van der Waals surface area (Å²) in [4.78, 5) is 15.5. The van der Waals surface area contributed by atoms with Gasteiger partial charge in [-0.1, -0.05) is 18.2 Å². The van der Waals surface area contributed by atoms with Crippen molar-refractivity contribution in [1.29, 1.82) is 0 Å². The van der Waals surface area contributed by atoms with E-state index in [-0.39, 0.29) is 11.3 Å². The molecule has 2 saturated heterocycles. The number of ether oxygens (including phenoxy) is 2. The van der Waals surface area contributed by atoms with Crippen molar-refractivity contribution in [3.63, 3.8) is 0 Å². The van der Waals surface area contributed by atoms with Crippen LogP contribution in [0.1, 0.15) is 43.1 Å². The van der Waals surface area contributed by atoms with Crippen LogP contribution in [0.25, 0.3) is 5.69 Å². The van der Waals surface area contributed by atoms with Crippen molar-refractivity contribution in [1.82, 2.24) is 20.0 Å². The van der Waals surface area contributed by atoms with Gasteiger partial charge in [0.2, 0.25) is 5.88 Å². The number of carbonyl (C=O) groups excluding carboxylic acids is 1. The number of benzene rings is 1. The number of nitrogens with one attached hydrogen (secondary N) is 1. The smallest absolute Gasteiger partial charge is 0.271 e. The zero-order chi connectivity index (χ0) is 20.8. The minimum absolute atomic E-state index is 0.0724. The highest BCUT2D eigenvalue weighted by Gasteiger charge is 2.35. The Bertz CT molecular complexity index is 824. The van der Waals surface area contributed by atoms with Gasteiger partial charge in [0.1, 0.15) is 0 Å². The van der Waals surface area contributed by atoms with Crippen molar-refractivity contribution in [3.8, 4) is 11.6 Å². The largest absolute Gasteiger partial charge is 0.478 e. The monoisotopic (exact) mass is 412 g/mol. The van der Waals surface area contributed by atoms with Crippen LogP contribution in [0.2, 0.25) is 0 Å². The lowest BCUT2D eigenvalue weighted by Crippen LogP contribution is -2.48. The number of para-hydroxylation sites is 1. The number of aromatic nitrogens is 2. The van der Waals surface area contributed by atoms with Gasteiger partial charge < -0.3 is 19.7 Å². The van der Waals surface area contributed by atoms with Crippen LogP contribution in [0.3, 0.4) is 0 Å². The molecule has 2 fully saturated rings. The normalized spacial score (nSPS) is 19.0. The molecule has 4 rings (SSSR count). The van der Waals surface area contributed by atoms with E-state index >= 15 is 0 Å². The molecule has 1 amide bonds. The van der Waals surface area contributed by atoms with Gasteiger partial charge in [0.15, 0.2) is 5.69 Å². The van der Waals surface area contributed by atoms with Crippen LogP contribution in [0.4, 0.5) is 0 Å². The second-order valence-electron chi connectivity index (χ2n) is 8.33. The predicted octanol–water partition coefficient (Wildman–Crippen LogP) is 2.89. The van der Waals surface area contributed by atoms with Crippen LogP contribution >= 0.6 is 0 Å². The van der Waals surface area contributed by atoms with Gasteiger partial charge in [-0.05, 0) is 57.8 Å². The molecule has 2 aliphatic rings. The molecule has 162 valence electrons. The van der Waals surface area contributed by atoms with Gasteiger partial charge in [-0.25, -0.2) is 4.68 Å². The number of amides is 1. The van der Waals surface area contributed by atoms with Crippen LogP contribution in [0.15, 0.2) is 36.4 Å². The lowest BCUT2D eigenvalue weighted by Gasteiger charge is -2.40. The molecule has 7 heteroatoms. The third-order valence-corrected chi connectivity index (χ3v) is 6.14. The summed E-state index contributed by atoms with van der Waals surface area (Å²) in [6.45, 7) is 7.97. The standard InChI is InChI=1S/C23H32N4O3/c1-2-30-21-16-20(25-27(21)19-8-4-3-5-9-19)22(28)24-17-23(10-14-29-15-11-23)18-26-12-6-7-13-26/h3-5,8-9,16H,2,6-7,10-15,17-18H2,1H3,(H,24,28). The predicted molar refractivity (Wildman–Crippen MR) is 115 cm³/mol. The summed E-state index contributed by atoms with van der Waals surface area (Å²) in [5.74, 6) is 0.421. The highest BCUT2D eigenvalue weighted by molar-refractivity contribution is 5.92. The van der Waals surface area contributed by atoms with E-state index in [0.29, 0.717) is 24.7 Å². The van der Waals surface area contributed by atoms with Crippen molar-refractivity contribution >= 4 is 5.91 Å². The zero-order valence-electron chi connectivity index (χ0n) is 17.8. The summed E-state index contributed by atoms with van der Waals surface area (Å²) < 4.78 is 13.0. The molecule has 1 N–H and O–H groups in total. The van der Waals surface area contributed by atoms with Gasteiger partial charge in [0.25, 0.3) is 5.91 Å². The number of carbonyl (C=O) groups is 1. The minimum atomic E-state index is -0.155. The van der Waals surface area contributed by atoms with Crippen LogP contribution in [0, 0.1) is 5.41 Å². The topological polar surface area (TPSA) is 68.6 Å². The highest BCUT2D eigenvalue weighted by Crippen LogP contribution is 2.32. The summed E-state index contributed by atoms with van der Waals surface area (Å²) in [6.07, 6.45) is 4.50. The summed E-state index contributed by atoms with van der Waals surface area (Å²) in [6, 6.07) is 11.5.